The van der Waals surface area contributed by atoms with Crippen LogP contribution in [0.1, 0.15) is 42.2 Å². The molecule has 4 atom stereocenters. The Labute approximate surface area is 253 Å². The topological polar surface area (TPSA) is 270 Å². The fourth-order valence-electron chi connectivity index (χ4n) is 4.39. The molecule has 1 aliphatic heterocycles. The summed E-state index contributed by atoms with van der Waals surface area (Å²) in [5, 5.41) is 88.8. The van der Waals surface area contributed by atoms with E-state index in [9.17, 15) is 60.3 Å². The fourth-order valence-corrected chi connectivity index (χ4v) is 4.39. The number of hydrogen-bond acceptors (Lipinski definition) is 16. The van der Waals surface area contributed by atoms with Crippen LogP contribution in [0, 0.1) is 6.92 Å². The van der Waals surface area contributed by atoms with Gasteiger partial charge in [-0.3, -0.25) is 0 Å². The van der Waals surface area contributed by atoms with Crippen LogP contribution in [-0.2, 0) is 25.6 Å². The number of aliphatic hydroxyl groups excluding tert-OH is 2. The number of phenols is 7. The number of carbonyl (C=O) groups excluding carboxylic acids is 3. The Bertz CT molecular complexity index is 1590. The number of hydrogen-bond donors (Lipinski definition) is 9. The van der Waals surface area contributed by atoms with Crippen molar-refractivity contribution in [3.8, 4) is 40.2 Å². The van der Waals surface area contributed by atoms with Crippen LogP contribution >= 0.6 is 0 Å². The minimum absolute atomic E-state index is 0.133. The van der Waals surface area contributed by atoms with E-state index in [1.54, 1.807) is 0 Å². The second kappa shape index (κ2) is 13.0. The number of ether oxygens (including phenoxy) is 4. The van der Waals surface area contributed by atoms with Gasteiger partial charge in [0, 0.05) is 5.56 Å². The molecule has 0 amide bonds. The zero-order chi connectivity index (χ0) is 33.2. The molecule has 0 radical (unpaired) electrons. The summed E-state index contributed by atoms with van der Waals surface area (Å²) in [4.78, 5) is 38.5. The molecule has 16 heteroatoms. The number of aryl methyl sites for hydroxylation is 1. The van der Waals surface area contributed by atoms with Gasteiger partial charge in [0.15, 0.2) is 52.5 Å². The maximum Gasteiger partial charge on any atom is 0.338 e. The number of esters is 3. The first-order chi connectivity index (χ1) is 21.2. The van der Waals surface area contributed by atoms with E-state index in [1.165, 1.54) is 13.0 Å². The Kier molecular flexibility index (Phi) is 9.41. The second-order valence-corrected chi connectivity index (χ2v) is 9.96. The molecule has 3 aromatic carbocycles. The summed E-state index contributed by atoms with van der Waals surface area (Å²) in [6.07, 6.45) is -6.45. The predicted molar refractivity (Wildman–Crippen MR) is 146 cm³/mol. The molecule has 3 aromatic rings. The molecule has 0 aromatic heterocycles. The summed E-state index contributed by atoms with van der Waals surface area (Å²) in [6.45, 7) is -0.569. The first-order valence-electron chi connectivity index (χ1n) is 13.0. The standard InChI is InChI=1S/C29H28O16/c1-11-2-12(4-16(31)22(11)35)28(40)44-21-10-42-20(9-43-27(39)14-6-18(33)24(37)19(34)7-14)25(38)26(21)45-29(41)13-3-15(8-30)23(36)17(32)5-13/h2-7,20-21,25-26,30-38H,8-10H2,1H3. The summed E-state index contributed by atoms with van der Waals surface area (Å²) in [7, 11) is 0. The van der Waals surface area contributed by atoms with Crippen LogP contribution in [0.15, 0.2) is 36.4 Å². The molecule has 1 aliphatic rings. The van der Waals surface area contributed by atoms with Gasteiger partial charge in [0.1, 0.15) is 18.8 Å². The van der Waals surface area contributed by atoms with Gasteiger partial charge >= 0.3 is 17.9 Å². The van der Waals surface area contributed by atoms with Crippen molar-refractivity contribution >= 4 is 17.9 Å². The molecule has 240 valence electrons. The van der Waals surface area contributed by atoms with Gasteiger partial charge in [-0.05, 0) is 48.9 Å². The van der Waals surface area contributed by atoms with Crippen molar-refractivity contribution in [3.63, 3.8) is 0 Å². The first-order valence-corrected chi connectivity index (χ1v) is 13.0. The Morgan fingerprint density at radius 2 is 1.24 bits per heavy atom. The predicted octanol–water partition coefficient (Wildman–Crippen LogP) is 0.794. The van der Waals surface area contributed by atoms with Crippen LogP contribution in [0.2, 0.25) is 0 Å². The smallest absolute Gasteiger partial charge is 0.338 e. The Morgan fingerprint density at radius 3 is 1.82 bits per heavy atom. The highest BCUT2D eigenvalue weighted by Crippen LogP contribution is 2.36. The van der Waals surface area contributed by atoms with Crippen LogP contribution in [0.4, 0.5) is 0 Å². The number of carbonyl (C=O) groups is 3. The van der Waals surface area contributed by atoms with Gasteiger partial charge in [0.25, 0.3) is 0 Å². The number of benzene rings is 3. The van der Waals surface area contributed by atoms with E-state index in [2.05, 4.69) is 0 Å². The van der Waals surface area contributed by atoms with Gasteiger partial charge in [-0.2, -0.15) is 0 Å². The lowest BCUT2D eigenvalue weighted by Gasteiger charge is -2.38. The van der Waals surface area contributed by atoms with Gasteiger partial charge in [-0.25, -0.2) is 14.4 Å². The van der Waals surface area contributed by atoms with Crippen LogP contribution in [0.3, 0.4) is 0 Å². The molecule has 0 saturated carbocycles. The van der Waals surface area contributed by atoms with Gasteiger partial charge in [-0.1, -0.05) is 0 Å². The number of rotatable bonds is 8. The Morgan fingerprint density at radius 1 is 0.733 bits per heavy atom. The third-order valence-electron chi connectivity index (χ3n) is 6.83. The van der Waals surface area contributed by atoms with Gasteiger partial charge in [0.2, 0.25) is 0 Å². The maximum atomic E-state index is 13.1. The second-order valence-electron chi connectivity index (χ2n) is 9.96. The van der Waals surface area contributed by atoms with Gasteiger partial charge in [-0.15, -0.1) is 0 Å². The van der Waals surface area contributed by atoms with E-state index < -0.39 is 102 Å². The lowest BCUT2D eigenvalue weighted by molar-refractivity contribution is -0.196. The highest BCUT2D eigenvalue weighted by atomic mass is 16.6. The third-order valence-corrected chi connectivity index (χ3v) is 6.83. The molecule has 45 heavy (non-hydrogen) atoms. The minimum atomic E-state index is -1.84. The molecule has 1 heterocycles. The van der Waals surface area contributed by atoms with E-state index >= 15 is 0 Å². The molecule has 4 rings (SSSR count). The van der Waals surface area contributed by atoms with Crippen molar-refractivity contribution in [1.29, 1.82) is 0 Å². The van der Waals surface area contributed by atoms with Crippen molar-refractivity contribution in [2.24, 2.45) is 0 Å². The van der Waals surface area contributed by atoms with Crippen molar-refractivity contribution in [2.75, 3.05) is 13.2 Å². The fraction of sp³-hybridized carbons (Fsp3) is 0.276. The molecule has 16 nitrogen and oxygen atoms in total. The summed E-state index contributed by atoms with van der Waals surface area (Å²) < 4.78 is 21.4. The van der Waals surface area contributed by atoms with Crippen molar-refractivity contribution < 1.29 is 79.3 Å². The van der Waals surface area contributed by atoms with E-state index in [0.29, 0.717) is 0 Å². The third kappa shape index (κ3) is 6.87. The number of phenolic OH excluding ortho intramolecular Hbond substituents is 6. The molecular weight excluding hydrogens is 604 g/mol. The quantitative estimate of drug-likeness (QED) is 0.0943. The Balaban J connectivity index is 1.57. The summed E-state index contributed by atoms with van der Waals surface area (Å²) >= 11 is 0. The lowest BCUT2D eigenvalue weighted by atomic mass is 9.99. The van der Waals surface area contributed by atoms with Crippen LogP contribution in [0.25, 0.3) is 0 Å². The zero-order valence-corrected chi connectivity index (χ0v) is 23.3. The van der Waals surface area contributed by atoms with E-state index in [4.69, 9.17) is 18.9 Å². The monoisotopic (exact) mass is 632 g/mol. The number of aliphatic hydroxyl groups is 2. The first kappa shape index (κ1) is 32.5. The van der Waals surface area contributed by atoms with Crippen LogP contribution in [0.5, 0.6) is 40.2 Å². The molecule has 1 fully saturated rings. The highest BCUT2D eigenvalue weighted by molar-refractivity contribution is 5.92. The zero-order valence-electron chi connectivity index (χ0n) is 23.3. The maximum absolute atomic E-state index is 13.1. The molecule has 1 saturated heterocycles. The SMILES string of the molecule is Cc1cc(C(=O)OC2COC(COC(=O)c3cc(O)c(O)c(O)c3)C(O)C2OC(=O)c2cc(O)c(O)c(CO)c2)cc(O)c1O. The van der Waals surface area contributed by atoms with E-state index in [1.807, 2.05) is 0 Å². The van der Waals surface area contributed by atoms with E-state index in [-0.39, 0.29) is 27.8 Å². The molecule has 4 unspecified atom stereocenters. The lowest BCUT2D eigenvalue weighted by Crippen LogP contribution is -2.57. The molecule has 0 aliphatic carbocycles. The number of aromatic hydroxyl groups is 7. The van der Waals surface area contributed by atoms with Crippen molar-refractivity contribution in [3.05, 3.63) is 64.2 Å². The molecule has 9 N–H and O–H groups in total. The molecule has 0 bridgehead atoms. The summed E-state index contributed by atoms with van der Waals surface area (Å²) in [6, 6.07) is 5.58. The van der Waals surface area contributed by atoms with Gasteiger partial charge < -0.3 is 64.9 Å². The van der Waals surface area contributed by atoms with Crippen molar-refractivity contribution in [2.45, 2.75) is 37.9 Å². The van der Waals surface area contributed by atoms with E-state index in [0.717, 1.165) is 30.3 Å². The summed E-state index contributed by atoms with van der Waals surface area (Å²) in [5.41, 5.74) is -1.05. The molecular formula is C29H28O16. The van der Waals surface area contributed by atoms with Crippen LogP contribution in [-0.4, -0.2) is 101 Å². The van der Waals surface area contributed by atoms with Crippen molar-refractivity contribution in [1.82, 2.24) is 0 Å². The highest BCUT2D eigenvalue weighted by Gasteiger charge is 2.45. The normalized spacial score (nSPS) is 19.4. The minimum Gasteiger partial charge on any atom is -0.504 e. The average Bonchev–Trinajstić information content (AvgIpc) is 3.00. The Hall–Kier alpha value is -5.45. The van der Waals surface area contributed by atoms with Gasteiger partial charge in [0.05, 0.1) is 29.9 Å². The average molecular weight is 633 g/mol. The molecule has 0 spiro atoms. The summed E-state index contributed by atoms with van der Waals surface area (Å²) in [5.74, 6) is -8.40. The largest absolute Gasteiger partial charge is 0.504 e. The van der Waals surface area contributed by atoms with Crippen LogP contribution < -0.4 is 0 Å².